The molecule has 1 N–H and O–H groups in total. The van der Waals surface area contributed by atoms with Crippen LogP contribution in [0.4, 0.5) is 0 Å². The molecule has 0 aliphatic heterocycles. The molecule has 2 aromatic rings. The van der Waals surface area contributed by atoms with Gasteiger partial charge in [0.25, 0.3) is 0 Å². The molecule has 0 saturated carbocycles. The highest BCUT2D eigenvalue weighted by Crippen LogP contribution is 2.06. The Hall–Kier alpha value is -2.10. The Morgan fingerprint density at radius 3 is 2.64 bits per heavy atom. The van der Waals surface area contributed by atoms with Gasteiger partial charge in [0.1, 0.15) is 0 Å². The molecular weight excluding hydrogens is 274 g/mol. The van der Waals surface area contributed by atoms with E-state index in [1.807, 2.05) is 29.8 Å². The second kappa shape index (κ2) is 7.78. The maximum atomic E-state index is 11.9. The van der Waals surface area contributed by atoms with Crippen molar-refractivity contribution in [1.29, 1.82) is 0 Å². The Morgan fingerprint density at radius 2 is 2.00 bits per heavy atom. The van der Waals surface area contributed by atoms with Crippen molar-refractivity contribution in [2.24, 2.45) is 5.92 Å². The lowest BCUT2D eigenvalue weighted by atomic mass is 10.1. The number of hydrogen-bond acceptors (Lipinski definition) is 2. The molecule has 0 spiro atoms. The Labute approximate surface area is 132 Å². The lowest BCUT2D eigenvalue weighted by Gasteiger charge is -2.14. The predicted octanol–water partition coefficient (Wildman–Crippen LogP) is 2.89. The highest BCUT2D eigenvalue weighted by molar-refractivity contribution is 5.76. The van der Waals surface area contributed by atoms with E-state index in [0.717, 1.165) is 18.7 Å². The summed E-state index contributed by atoms with van der Waals surface area (Å²) in [4.78, 5) is 11.9. The fraction of sp³-hybridized carbons (Fsp3) is 0.444. The van der Waals surface area contributed by atoms with Crippen LogP contribution in [-0.4, -0.2) is 22.2 Å². The molecule has 2 rings (SSSR count). The lowest BCUT2D eigenvalue weighted by Crippen LogP contribution is -2.30. The molecule has 118 valence electrons. The van der Waals surface area contributed by atoms with Crippen LogP contribution in [0.15, 0.2) is 36.4 Å². The highest BCUT2D eigenvalue weighted by Gasteiger charge is 2.09. The van der Waals surface area contributed by atoms with Crippen molar-refractivity contribution in [3.63, 3.8) is 0 Å². The van der Waals surface area contributed by atoms with Gasteiger partial charge in [-0.2, -0.15) is 5.10 Å². The van der Waals surface area contributed by atoms with E-state index in [4.69, 9.17) is 0 Å². The molecule has 1 atom stereocenters. The van der Waals surface area contributed by atoms with E-state index in [0.29, 0.717) is 18.9 Å². The maximum Gasteiger partial charge on any atom is 0.220 e. The predicted molar refractivity (Wildman–Crippen MR) is 88.6 cm³/mol. The van der Waals surface area contributed by atoms with Gasteiger partial charge >= 0.3 is 0 Å². The average Bonchev–Trinajstić information content (AvgIpc) is 2.82. The summed E-state index contributed by atoms with van der Waals surface area (Å²) in [5, 5.41) is 7.48. The quantitative estimate of drug-likeness (QED) is 0.854. The van der Waals surface area contributed by atoms with Crippen LogP contribution in [-0.2, 0) is 17.8 Å². The zero-order valence-corrected chi connectivity index (χ0v) is 13.7. The first-order valence-corrected chi connectivity index (χ1v) is 7.86. The van der Waals surface area contributed by atoms with Crippen LogP contribution in [0.25, 0.3) is 0 Å². The number of hydrogen-bond donors (Lipinski definition) is 1. The average molecular weight is 299 g/mol. The van der Waals surface area contributed by atoms with Crippen molar-refractivity contribution in [2.75, 3.05) is 6.54 Å². The number of amides is 1. The molecule has 22 heavy (non-hydrogen) atoms. The van der Waals surface area contributed by atoms with E-state index in [1.165, 1.54) is 11.3 Å². The number of carbonyl (C=O) groups excluding carboxylic acids is 1. The number of nitrogens with one attached hydrogen (secondary N) is 1. The summed E-state index contributed by atoms with van der Waals surface area (Å²) < 4.78 is 2.01. The van der Waals surface area contributed by atoms with Crippen molar-refractivity contribution in [1.82, 2.24) is 15.1 Å². The molecule has 0 aliphatic carbocycles. The molecule has 1 amide bonds. The number of benzene rings is 1. The highest BCUT2D eigenvalue weighted by atomic mass is 16.1. The van der Waals surface area contributed by atoms with E-state index in [2.05, 4.69) is 42.5 Å². The van der Waals surface area contributed by atoms with Crippen LogP contribution < -0.4 is 5.32 Å². The number of aryl methyl sites for hydroxylation is 3. The molecule has 0 saturated heterocycles. The first kappa shape index (κ1) is 16.3. The van der Waals surface area contributed by atoms with Gasteiger partial charge in [0.05, 0.1) is 5.69 Å². The van der Waals surface area contributed by atoms with Gasteiger partial charge < -0.3 is 5.32 Å². The Morgan fingerprint density at radius 1 is 1.27 bits per heavy atom. The van der Waals surface area contributed by atoms with Crippen molar-refractivity contribution >= 4 is 5.91 Å². The summed E-state index contributed by atoms with van der Waals surface area (Å²) in [6.07, 6.45) is 1.33. The topological polar surface area (TPSA) is 46.9 Å². The number of nitrogens with zero attached hydrogens (tertiary/aromatic N) is 2. The van der Waals surface area contributed by atoms with Gasteiger partial charge in [-0.15, -0.1) is 0 Å². The number of aromatic nitrogens is 2. The molecule has 0 fully saturated rings. The van der Waals surface area contributed by atoms with Crippen molar-refractivity contribution in [3.8, 4) is 0 Å². The Kier molecular flexibility index (Phi) is 5.75. The Bertz CT molecular complexity index is 604. The molecular formula is C18H25N3O. The Balaban J connectivity index is 1.70. The third-order valence-corrected chi connectivity index (χ3v) is 3.72. The third-order valence-electron chi connectivity index (χ3n) is 3.72. The summed E-state index contributed by atoms with van der Waals surface area (Å²) in [6.45, 7) is 7.71. The largest absolute Gasteiger partial charge is 0.356 e. The fourth-order valence-electron chi connectivity index (χ4n) is 2.50. The van der Waals surface area contributed by atoms with Crippen LogP contribution in [0.5, 0.6) is 0 Å². The maximum absolute atomic E-state index is 11.9. The number of carbonyl (C=O) groups is 1. The summed E-state index contributed by atoms with van der Waals surface area (Å²) in [5.41, 5.74) is 3.41. The van der Waals surface area contributed by atoms with Gasteiger partial charge in [-0.3, -0.25) is 9.48 Å². The summed E-state index contributed by atoms with van der Waals surface area (Å²) in [5.74, 6) is 0.475. The molecule has 4 nitrogen and oxygen atoms in total. The summed E-state index contributed by atoms with van der Waals surface area (Å²) in [6, 6.07) is 12.2. The summed E-state index contributed by atoms with van der Waals surface area (Å²) >= 11 is 0. The molecule has 0 aliphatic rings. The molecule has 1 heterocycles. The number of rotatable bonds is 7. The smallest absolute Gasteiger partial charge is 0.220 e. The minimum atomic E-state index is 0.115. The third kappa shape index (κ3) is 5.02. The van der Waals surface area contributed by atoms with Gasteiger partial charge in [-0.25, -0.2) is 0 Å². The van der Waals surface area contributed by atoms with E-state index >= 15 is 0 Å². The zero-order valence-electron chi connectivity index (χ0n) is 13.7. The molecule has 1 aromatic heterocycles. The molecule has 0 bridgehead atoms. The molecule has 4 heteroatoms. The van der Waals surface area contributed by atoms with Gasteiger partial charge in [-0.05, 0) is 37.8 Å². The first-order valence-electron chi connectivity index (χ1n) is 7.86. The van der Waals surface area contributed by atoms with Gasteiger partial charge in [0.15, 0.2) is 0 Å². The normalized spacial score (nSPS) is 12.1. The van der Waals surface area contributed by atoms with E-state index in [9.17, 15) is 4.79 Å². The lowest BCUT2D eigenvalue weighted by molar-refractivity contribution is -0.121. The van der Waals surface area contributed by atoms with E-state index in [1.54, 1.807) is 0 Å². The van der Waals surface area contributed by atoms with Crippen LogP contribution in [0, 0.1) is 19.8 Å². The standard InChI is InChI=1S/C18H25N3O/c1-14(13-21-16(3)11-15(2)20-21)12-19-18(22)10-9-17-7-5-4-6-8-17/h4-8,11,14H,9-10,12-13H2,1-3H3,(H,19,22)/t14-/m1/s1. The fourth-order valence-corrected chi connectivity index (χ4v) is 2.50. The molecule has 0 unspecified atom stereocenters. The van der Waals surface area contributed by atoms with Crippen LogP contribution in [0.3, 0.4) is 0 Å². The molecule has 1 aromatic carbocycles. The molecule has 0 radical (unpaired) electrons. The van der Waals surface area contributed by atoms with Crippen LogP contribution in [0.1, 0.15) is 30.3 Å². The van der Waals surface area contributed by atoms with E-state index in [-0.39, 0.29) is 5.91 Å². The summed E-state index contributed by atoms with van der Waals surface area (Å²) in [7, 11) is 0. The van der Waals surface area contributed by atoms with Gasteiger partial charge in [0, 0.05) is 25.2 Å². The second-order valence-electron chi connectivity index (χ2n) is 6.00. The van der Waals surface area contributed by atoms with Gasteiger partial charge in [-0.1, -0.05) is 37.3 Å². The minimum absolute atomic E-state index is 0.115. The zero-order chi connectivity index (χ0) is 15.9. The van der Waals surface area contributed by atoms with Crippen LogP contribution in [0.2, 0.25) is 0 Å². The van der Waals surface area contributed by atoms with Crippen LogP contribution >= 0.6 is 0 Å². The second-order valence-corrected chi connectivity index (χ2v) is 6.00. The van der Waals surface area contributed by atoms with Gasteiger partial charge in [0.2, 0.25) is 5.91 Å². The first-order chi connectivity index (χ1) is 10.5. The SMILES string of the molecule is Cc1cc(C)n(C[C@H](C)CNC(=O)CCc2ccccc2)n1. The van der Waals surface area contributed by atoms with Crippen molar-refractivity contribution in [3.05, 3.63) is 53.3 Å². The minimum Gasteiger partial charge on any atom is -0.356 e. The van der Waals surface area contributed by atoms with Crippen molar-refractivity contribution < 1.29 is 4.79 Å². The monoisotopic (exact) mass is 299 g/mol. The van der Waals surface area contributed by atoms with Crippen molar-refractivity contribution in [2.45, 2.75) is 40.2 Å². The van der Waals surface area contributed by atoms with E-state index < -0.39 is 0 Å².